The highest BCUT2D eigenvalue weighted by molar-refractivity contribution is 6.31. The van der Waals surface area contributed by atoms with Crippen molar-refractivity contribution in [3.05, 3.63) is 58.6 Å². The fourth-order valence-corrected chi connectivity index (χ4v) is 3.59. The molecule has 0 radical (unpaired) electrons. The number of nitrogens with one attached hydrogen (secondary N) is 1. The third-order valence-corrected chi connectivity index (χ3v) is 5.23. The Kier molecular flexibility index (Phi) is 4.65. The van der Waals surface area contributed by atoms with Crippen molar-refractivity contribution in [1.29, 1.82) is 0 Å². The van der Waals surface area contributed by atoms with E-state index in [0.717, 1.165) is 5.75 Å². The van der Waals surface area contributed by atoms with Gasteiger partial charge in [-0.1, -0.05) is 37.6 Å². The van der Waals surface area contributed by atoms with Gasteiger partial charge in [0.05, 0.1) is 19.8 Å². The first-order chi connectivity index (χ1) is 11.9. The minimum absolute atomic E-state index is 0.0178. The Labute approximate surface area is 153 Å². The van der Waals surface area contributed by atoms with E-state index in [1.165, 1.54) is 5.56 Å². The van der Waals surface area contributed by atoms with E-state index in [1.807, 2.05) is 12.1 Å². The predicted octanol–water partition coefficient (Wildman–Crippen LogP) is 4.28. The average Bonchev–Trinajstić information content (AvgIpc) is 3.15. The number of hydrogen-bond acceptors (Lipinski definition) is 3. The second-order valence-corrected chi connectivity index (χ2v) is 7.30. The van der Waals surface area contributed by atoms with Gasteiger partial charge >= 0.3 is 0 Å². The van der Waals surface area contributed by atoms with Gasteiger partial charge in [-0.15, -0.1) is 0 Å². The van der Waals surface area contributed by atoms with Crippen LogP contribution in [0.15, 0.2) is 42.5 Å². The van der Waals surface area contributed by atoms with Gasteiger partial charge in [0.25, 0.3) is 5.91 Å². The summed E-state index contributed by atoms with van der Waals surface area (Å²) in [5, 5.41) is 3.64. The van der Waals surface area contributed by atoms with Crippen LogP contribution in [0.3, 0.4) is 0 Å². The molecule has 0 spiro atoms. The van der Waals surface area contributed by atoms with E-state index in [0.29, 0.717) is 16.3 Å². The molecule has 0 aromatic heterocycles. The molecule has 4 nitrogen and oxygen atoms in total. The first-order valence-corrected chi connectivity index (χ1v) is 8.54. The lowest BCUT2D eigenvalue weighted by Crippen LogP contribution is -2.29. The zero-order valence-electron chi connectivity index (χ0n) is 14.8. The van der Waals surface area contributed by atoms with Gasteiger partial charge in [-0.2, -0.15) is 0 Å². The van der Waals surface area contributed by atoms with Crippen LogP contribution in [0, 0.1) is 5.41 Å². The van der Waals surface area contributed by atoms with Crippen LogP contribution in [0.2, 0.25) is 5.02 Å². The van der Waals surface area contributed by atoms with Crippen LogP contribution in [-0.4, -0.2) is 26.2 Å². The fourth-order valence-electron chi connectivity index (χ4n) is 3.42. The maximum Gasteiger partial charge on any atom is 0.255 e. The van der Waals surface area contributed by atoms with E-state index in [2.05, 4.69) is 31.3 Å². The summed E-state index contributed by atoms with van der Waals surface area (Å²) in [6.07, 6.45) is 0. The van der Waals surface area contributed by atoms with Gasteiger partial charge in [-0.25, -0.2) is 0 Å². The van der Waals surface area contributed by atoms with Crippen molar-refractivity contribution in [3.63, 3.8) is 0 Å². The van der Waals surface area contributed by atoms with Crippen molar-refractivity contribution in [3.8, 4) is 11.5 Å². The first-order valence-electron chi connectivity index (χ1n) is 8.17. The molecule has 1 N–H and O–H groups in total. The van der Waals surface area contributed by atoms with Gasteiger partial charge in [-0.3, -0.25) is 4.79 Å². The number of carbonyl (C=O) groups excluding carboxylic acids is 1. The van der Waals surface area contributed by atoms with Crippen molar-refractivity contribution in [2.24, 2.45) is 5.41 Å². The topological polar surface area (TPSA) is 47.6 Å². The average molecular weight is 360 g/mol. The predicted molar refractivity (Wildman–Crippen MR) is 98.8 cm³/mol. The summed E-state index contributed by atoms with van der Waals surface area (Å²) in [5.74, 6) is 1.42. The number of carbonyl (C=O) groups is 1. The maximum atomic E-state index is 12.7. The van der Waals surface area contributed by atoms with Gasteiger partial charge in [-0.05, 0) is 41.3 Å². The van der Waals surface area contributed by atoms with Crippen LogP contribution in [0.1, 0.15) is 35.7 Å². The summed E-state index contributed by atoms with van der Waals surface area (Å²) in [6.45, 7) is 4.31. The fraction of sp³-hybridized carbons (Fsp3) is 0.350. The summed E-state index contributed by atoms with van der Waals surface area (Å²) >= 11 is 6.03. The Morgan fingerprint density at radius 3 is 2.36 bits per heavy atom. The Morgan fingerprint density at radius 2 is 1.76 bits per heavy atom. The standard InChI is InChI=1S/C20H22ClNO3/c1-20(2)17(12-5-8-14(24-3)9-6-12)18(20)22-19(23)15-11-13(21)7-10-16(15)25-4/h5-11,17-18H,1-4H3,(H,22,23)/t17-,18-/m1/s1. The summed E-state index contributed by atoms with van der Waals surface area (Å²) < 4.78 is 10.5. The van der Waals surface area contributed by atoms with E-state index in [9.17, 15) is 4.79 Å². The van der Waals surface area contributed by atoms with Crippen molar-refractivity contribution < 1.29 is 14.3 Å². The summed E-state index contributed by atoms with van der Waals surface area (Å²) in [6, 6.07) is 13.1. The van der Waals surface area contributed by atoms with Crippen molar-refractivity contribution >= 4 is 17.5 Å². The van der Waals surface area contributed by atoms with E-state index >= 15 is 0 Å². The molecule has 0 saturated heterocycles. The van der Waals surface area contributed by atoms with Crippen LogP contribution in [-0.2, 0) is 0 Å². The lowest BCUT2D eigenvalue weighted by molar-refractivity contribution is 0.0943. The molecule has 2 aromatic carbocycles. The van der Waals surface area contributed by atoms with Crippen LogP contribution in [0.25, 0.3) is 0 Å². The van der Waals surface area contributed by atoms with Gasteiger partial charge in [0.15, 0.2) is 0 Å². The van der Waals surface area contributed by atoms with Gasteiger partial charge in [0, 0.05) is 17.0 Å². The molecule has 1 amide bonds. The molecule has 2 atom stereocenters. The molecule has 1 aliphatic carbocycles. The number of benzene rings is 2. The highest BCUT2D eigenvalue weighted by Gasteiger charge is 2.59. The molecule has 0 aliphatic heterocycles. The lowest BCUT2D eigenvalue weighted by atomic mass is 10.0. The zero-order valence-corrected chi connectivity index (χ0v) is 15.6. The minimum atomic E-state index is -0.173. The van der Waals surface area contributed by atoms with Crippen molar-refractivity contribution in [2.75, 3.05) is 14.2 Å². The normalized spacial score (nSPS) is 20.7. The number of amides is 1. The summed E-state index contributed by atoms with van der Waals surface area (Å²) in [5.41, 5.74) is 1.62. The Bertz CT molecular complexity index is 786. The smallest absolute Gasteiger partial charge is 0.255 e. The molecule has 1 fully saturated rings. The van der Waals surface area contributed by atoms with E-state index in [1.54, 1.807) is 32.4 Å². The second kappa shape index (κ2) is 6.60. The SMILES string of the molecule is COc1ccc([C@@H]2[C@@H](NC(=O)c3cc(Cl)ccc3OC)C2(C)C)cc1. The number of halogens is 1. The summed E-state index contributed by atoms with van der Waals surface area (Å²) in [7, 11) is 3.19. The summed E-state index contributed by atoms with van der Waals surface area (Å²) in [4.78, 5) is 12.7. The molecule has 1 aliphatic rings. The highest BCUT2D eigenvalue weighted by atomic mass is 35.5. The van der Waals surface area contributed by atoms with Crippen LogP contribution >= 0.6 is 11.6 Å². The lowest BCUT2D eigenvalue weighted by Gasteiger charge is -2.10. The maximum absolute atomic E-state index is 12.7. The van der Waals surface area contributed by atoms with Crippen LogP contribution < -0.4 is 14.8 Å². The Morgan fingerprint density at radius 1 is 1.08 bits per heavy atom. The molecule has 0 heterocycles. The largest absolute Gasteiger partial charge is 0.497 e. The third kappa shape index (κ3) is 3.31. The molecule has 132 valence electrons. The number of hydrogen-bond donors (Lipinski definition) is 1. The third-order valence-electron chi connectivity index (χ3n) is 5.00. The van der Waals surface area contributed by atoms with Crippen molar-refractivity contribution in [2.45, 2.75) is 25.8 Å². The van der Waals surface area contributed by atoms with Gasteiger partial charge < -0.3 is 14.8 Å². The van der Waals surface area contributed by atoms with Crippen LogP contribution in [0.4, 0.5) is 0 Å². The zero-order chi connectivity index (χ0) is 18.2. The van der Waals surface area contributed by atoms with E-state index < -0.39 is 0 Å². The molecular weight excluding hydrogens is 338 g/mol. The first kappa shape index (κ1) is 17.6. The Balaban J connectivity index is 1.78. The Hall–Kier alpha value is -2.20. The van der Waals surface area contributed by atoms with E-state index in [4.69, 9.17) is 21.1 Å². The molecule has 0 bridgehead atoms. The minimum Gasteiger partial charge on any atom is -0.497 e. The molecule has 5 heteroatoms. The number of rotatable bonds is 5. The molecule has 3 rings (SSSR count). The molecule has 25 heavy (non-hydrogen) atoms. The van der Waals surface area contributed by atoms with E-state index in [-0.39, 0.29) is 23.3 Å². The number of ether oxygens (including phenoxy) is 2. The molecule has 1 saturated carbocycles. The molecular formula is C20H22ClNO3. The molecule has 0 unspecified atom stereocenters. The van der Waals surface area contributed by atoms with Crippen LogP contribution in [0.5, 0.6) is 11.5 Å². The van der Waals surface area contributed by atoms with Gasteiger partial charge in [0.2, 0.25) is 0 Å². The second-order valence-electron chi connectivity index (χ2n) is 6.87. The quantitative estimate of drug-likeness (QED) is 0.866. The van der Waals surface area contributed by atoms with Gasteiger partial charge in [0.1, 0.15) is 11.5 Å². The highest BCUT2D eigenvalue weighted by Crippen LogP contribution is 2.58. The number of methoxy groups -OCH3 is 2. The van der Waals surface area contributed by atoms with Crippen molar-refractivity contribution in [1.82, 2.24) is 5.32 Å². The monoisotopic (exact) mass is 359 g/mol. The molecule has 2 aromatic rings.